The van der Waals surface area contributed by atoms with E-state index in [1.54, 1.807) is 30.3 Å². The Morgan fingerprint density at radius 3 is 2.77 bits per heavy atom. The Morgan fingerprint density at radius 1 is 1.15 bits per heavy atom. The van der Waals surface area contributed by atoms with Gasteiger partial charge >= 0.3 is 11.6 Å². The summed E-state index contributed by atoms with van der Waals surface area (Å²) in [6.45, 7) is 2.03. The molecule has 0 saturated heterocycles. The van der Waals surface area contributed by atoms with E-state index in [-0.39, 0.29) is 12.4 Å². The number of aryl methyl sites for hydroxylation is 1. The number of rotatable bonds is 3. The van der Waals surface area contributed by atoms with Crippen LogP contribution in [0.1, 0.15) is 12.5 Å². The number of esters is 1. The summed E-state index contributed by atoms with van der Waals surface area (Å²) in [7, 11) is 0. The van der Waals surface area contributed by atoms with Crippen LogP contribution in [0.5, 0.6) is 17.2 Å². The highest BCUT2D eigenvalue weighted by molar-refractivity contribution is 5.83. The van der Waals surface area contributed by atoms with Gasteiger partial charge in [-0.15, -0.1) is 0 Å². The van der Waals surface area contributed by atoms with E-state index in [4.69, 9.17) is 18.6 Å². The van der Waals surface area contributed by atoms with Crippen LogP contribution in [0.3, 0.4) is 0 Å². The largest absolute Gasteiger partial charge is 0.485 e. The Balaban J connectivity index is 1.56. The molecule has 1 atom stereocenters. The second-order valence-electron chi connectivity index (χ2n) is 5.89. The van der Waals surface area contributed by atoms with Gasteiger partial charge in [0.15, 0.2) is 11.5 Å². The maximum Gasteiger partial charge on any atom is 0.356 e. The molecule has 3 aromatic rings. The monoisotopic (exact) mass is 352 g/mol. The lowest BCUT2D eigenvalue weighted by Crippen LogP contribution is -2.39. The first-order valence-electron chi connectivity index (χ1n) is 8.31. The molecule has 132 valence electrons. The summed E-state index contributed by atoms with van der Waals surface area (Å²) in [5.41, 5.74) is 0.832. The van der Waals surface area contributed by atoms with Crippen molar-refractivity contribution in [3.05, 3.63) is 64.5 Å². The van der Waals surface area contributed by atoms with Crippen molar-refractivity contribution in [3.63, 3.8) is 0 Å². The number of carbonyl (C=O) groups is 1. The molecule has 4 rings (SSSR count). The fraction of sp³-hybridized carbons (Fsp3) is 0.200. The number of fused-ring (bicyclic) bond motifs is 2. The van der Waals surface area contributed by atoms with Crippen LogP contribution < -0.4 is 19.8 Å². The van der Waals surface area contributed by atoms with Gasteiger partial charge in [-0.1, -0.05) is 19.1 Å². The van der Waals surface area contributed by atoms with Crippen molar-refractivity contribution < 1.29 is 23.4 Å². The first-order valence-corrected chi connectivity index (χ1v) is 8.31. The van der Waals surface area contributed by atoms with Crippen molar-refractivity contribution in [1.29, 1.82) is 0 Å². The van der Waals surface area contributed by atoms with Gasteiger partial charge in [-0.3, -0.25) is 0 Å². The third-order valence-corrected chi connectivity index (χ3v) is 4.17. The SMILES string of the molecule is CCc1cc(=O)oc2cc(OC(=O)[C@@H]3COc4ccccc4O3)ccc12. The lowest BCUT2D eigenvalue weighted by molar-refractivity contribution is -0.144. The van der Waals surface area contributed by atoms with E-state index in [1.807, 2.05) is 13.0 Å². The molecule has 1 aromatic heterocycles. The molecule has 0 unspecified atom stereocenters. The van der Waals surface area contributed by atoms with Crippen LogP contribution in [0.2, 0.25) is 0 Å². The highest BCUT2D eigenvalue weighted by Crippen LogP contribution is 2.31. The Kier molecular flexibility index (Phi) is 4.08. The Bertz CT molecular complexity index is 1040. The van der Waals surface area contributed by atoms with Crippen LogP contribution in [0.15, 0.2) is 57.7 Å². The van der Waals surface area contributed by atoms with E-state index in [2.05, 4.69) is 0 Å². The molecule has 26 heavy (non-hydrogen) atoms. The summed E-state index contributed by atoms with van der Waals surface area (Å²) in [5, 5.41) is 0.818. The average Bonchev–Trinajstić information content (AvgIpc) is 2.66. The number of hydrogen-bond acceptors (Lipinski definition) is 6. The molecule has 6 heteroatoms. The Morgan fingerprint density at radius 2 is 1.96 bits per heavy atom. The quantitative estimate of drug-likeness (QED) is 0.410. The third-order valence-electron chi connectivity index (χ3n) is 4.17. The van der Waals surface area contributed by atoms with Gasteiger partial charge in [0.1, 0.15) is 17.9 Å². The van der Waals surface area contributed by atoms with Crippen molar-refractivity contribution in [2.75, 3.05) is 6.61 Å². The second kappa shape index (κ2) is 6.55. The zero-order chi connectivity index (χ0) is 18.1. The summed E-state index contributed by atoms with van der Waals surface area (Å²) in [6, 6.07) is 13.6. The molecule has 0 spiro atoms. The molecule has 6 nitrogen and oxygen atoms in total. The lowest BCUT2D eigenvalue weighted by Gasteiger charge is -2.24. The number of benzene rings is 2. The van der Waals surface area contributed by atoms with E-state index >= 15 is 0 Å². The van der Waals surface area contributed by atoms with Crippen molar-refractivity contribution in [2.45, 2.75) is 19.4 Å². The van der Waals surface area contributed by atoms with E-state index < -0.39 is 17.7 Å². The third kappa shape index (κ3) is 3.01. The van der Waals surface area contributed by atoms with Crippen LogP contribution in [0, 0.1) is 0 Å². The van der Waals surface area contributed by atoms with Crippen LogP contribution >= 0.6 is 0 Å². The molecule has 0 saturated carbocycles. The molecule has 0 bridgehead atoms. The van der Waals surface area contributed by atoms with E-state index in [0.717, 1.165) is 10.9 Å². The molecular weight excluding hydrogens is 336 g/mol. The van der Waals surface area contributed by atoms with Crippen LogP contribution in [0.4, 0.5) is 0 Å². The van der Waals surface area contributed by atoms with Crippen molar-refractivity contribution in [1.82, 2.24) is 0 Å². The van der Waals surface area contributed by atoms with Crippen molar-refractivity contribution in [3.8, 4) is 17.2 Å². The smallest absolute Gasteiger partial charge is 0.356 e. The predicted octanol–water partition coefficient (Wildman–Crippen LogP) is 3.10. The fourth-order valence-electron chi connectivity index (χ4n) is 2.88. The normalized spacial score (nSPS) is 15.7. The molecule has 0 fully saturated rings. The lowest BCUT2D eigenvalue weighted by atomic mass is 10.1. The van der Waals surface area contributed by atoms with Gasteiger partial charge < -0.3 is 18.6 Å². The molecule has 1 aliphatic rings. The van der Waals surface area contributed by atoms with Crippen molar-refractivity contribution >= 4 is 16.9 Å². The number of ether oxygens (including phenoxy) is 3. The van der Waals surface area contributed by atoms with E-state index in [0.29, 0.717) is 23.5 Å². The Hall–Kier alpha value is -3.28. The van der Waals surface area contributed by atoms with Gasteiger partial charge in [-0.05, 0) is 36.2 Å². The van der Waals surface area contributed by atoms with Gasteiger partial charge in [0.05, 0.1) is 0 Å². The molecule has 0 amide bonds. The minimum absolute atomic E-state index is 0.0680. The average molecular weight is 352 g/mol. The fourth-order valence-corrected chi connectivity index (χ4v) is 2.88. The van der Waals surface area contributed by atoms with Gasteiger partial charge in [-0.2, -0.15) is 0 Å². The zero-order valence-electron chi connectivity index (χ0n) is 14.1. The highest BCUT2D eigenvalue weighted by Gasteiger charge is 2.29. The minimum Gasteiger partial charge on any atom is -0.485 e. The molecule has 2 heterocycles. The van der Waals surface area contributed by atoms with Gasteiger partial charge in [0, 0.05) is 17.5 Å². The van der Waals surface area contributed by atoms with Gasteiger partial charge in [-0.25, -0.2) is 9.59 Å². The maximum atomic E-state index is 12.4. The summed E-state index contributed by atoms with van der Waals surface area (Å²) < 4.78 is 21.8. The summed E-state index contributed by atoms with van der Waals surface area (Å²) in [6.07, 6.45) is -0.164. The standard InChI is InChI=1S/C20H16O6/c1-2-12-9-19(21)26-17-10-13(7-8-14(12)17)24-20(22)18-11-23-15-5-3-4-6-16(15)25-18/h3-10,18H,2,11H2,1H3/t18-/m0/s1. The van der Waals surface area contributed by atoms with Gasteiger partial charge in [0.2, 0.25) is 6.10 Å². The molecule has 0 radical (unpaired) electrons. The summed E-state index contributed by atoms with van der Waals surface area (Å²) in [4.78, 5) is 24.0. The zero-order valence-corrected chi connectivity index (χ0v) is 14.1. The van der Waals surface area contributed by atoms with Crippen molar-refractivity contribution in [2.24, 2.45) is 0 Å². The molecule has 2 aromatic carbocycles. The van der Waals surface area contributed by atoms with Crippen LogP contribution in [-0.2, 0) is 11.2 Å². The van der Waals surface area contributed by atoms with E-state index in [9.17, 15) is 9.59 Å². The highest BCUT2D eigenvalue weighted by atomic mass is 16.6. The molecule has 0 N–H and O–H groups in total. The Labute approximate surface area is 148 Å². The number of carbonyl (C=O) groups excluding carboxylic acids is 1. The number of para-hydroxylation sites is 2. The minimum atomic E-state index is -0.866. The first kappa shape index (κ1) is 16.2. The maximum absolute atomic E-state index is 12.4. The predicted molar refractivity (Wildman–Crippen MR) is 93.9 cm³/mol. The summed E-state index contributed by atoms with van der Waals surface area (Å²) in [5.74, 6) is 0.795. The molecule has 0 aliphatic carbocycles. The summed E-state index contributed by atoms with van der Waals surface area (Å²) >= 11 is 0. The topological polar surface area (TPSA) is 75.0 Å². The van der Waals surface area contributed by atoms with Gasteiger partial charge in [0.25, 0.3) is 0 Å². The second-order valence-corrected chi connectivity index (χ2v) is 5.89. The number of hydrogen-bond donors (Lipinski definition) is 0. The molecule has 1 aliphatic heterocycles. The van der Waals surface area contributed by atoms with Crippen LogP contribution in [0.25, 0.3) is 11.0 Å². The first-order chi connectivity index (χ1) is 12.6. The van der Waals surface area contributed by atoms with Crippen LogP contribution in [-0.4, -0.2) is 18.7 Å². The van der Waals surface area contributed by atoms with E-state index in [1.165, 1.54) is 12.1 Å². The molecular formula is C20H16O6.